The molecule has 1 aliphatic heterocycles. The molecule has 29 heavy (non-hydrogen) atoms. The first kappa shape index (κ1) is 21.4. The molecular weight excluding hydrogens is 382 g/mol. The summed E-state index contributed by atoms with van der Waals surface area (Å²) < 4.78 is 5.52. The van der Waals surface area contributed by atoms with Crippen molar-refractivity contribution < 1.29 is 4.52 Å². The van der Waals surface area contributed by atoms with Crippen LogP contribution in [0.25, 0.3) is 11.3 Å². The molecule has 0 aliphatic carbocycles. The normalized spacial score (nSPS) is 14.6. The maximum Gasteiger partial charge on any atom is 0.137 e. The fourth-order valence-corrected chi connectivity index (χ4v) is 3.94. The second-order valence-electron chi connectivity index (χ2n) is 7.62. The Morgan fingerprint density at radius 2 is 1.62 bits per heavy atom. The van der Waals surface area contributed by atoms with Crippen molar-refractivity contribution in [2.45, 2.75) is 26.2 Å². The Hall–Kier alpha value is -2.30. The van der Waals surface area contributed by atoms with Crippen molar-refractivity contribution in [3.05, 3.63) is 72.0 Å². The fourth-order valence-electron chi connectivity index (χ4n) is 3.94. The number of hydrogen-bond donors (Lipinski definition) is 0. The van der Waals surface area contributed by atoms with E-state index in [1.165, 1.54) is 24.2 Å². The summed E-state index contributed by atoms with van der Waals surface area (Å²) in [4.78, 5) is 5.11. The number of hydrogen-bond acceptors (Lipinski definition) is 4. The number of aryl methyl sites for hydroxylation is 2. The highest BCUT2D eigenvalue weighted by Crippen LogP contribution is 2.21. The summed E-state index contributed by atoms with van der Waals surface area (Å²) in [7, 11) is 0. The lowest BCUT2D eigenvalue weighted by atomic mass is 10.1. The van der Waals surface area contributed by atoms with Crippen molar-refractivity contribution in [3.63, 3.8) is 0 Å². The number of halogens is 1. The van der Waals surface area contributed by atoms with Crippen LogP contribution in [0.5, 0.6) is 0 Å². The Bertz CT molecular complexity index is 873. The van der Waals surface area contributed by atoms with Crippen LogP contribution < -0.4 is 4.90 Å². The van der Waals surface area contributed by atoms with Gasteiger partial charge in [-0.05, 0) is 37.9 Å². The Morgan fingerprint density at radius 1 is 0.897 bits per heavy atom. The molecule has 0 spiro atoms. The van der Waals surface area contributed by atoms with Crippen LogP contribution in [0.15, 0.2) is 65.2 Å². The molecule has 0 atom stereocenters. The van der Waals surface area contributed by atoms with Crippen molar-refractivity contribution in [2.24, 2.45) is 0 Å². The van der Waals surface area contributed by atoms with Crippen molar-refractivity contribution in [1.82, 2.24) is 10.1 Å². The third kappa shape index (κ3) is 5.62. The summed E-state index contributed by atoms with van der Waals surface area (Å²) >= 11 is 0. The number of aromatic nitrogens is 1. The highest BCUT2D eigenvalue weighted by atomic mass is 35.5. The highest BCUT2D eigenvalue weighted by molar-refractivity contribution is 5.85. The summed E-state index contributed by atoms with van der Waals surface area (Å²) in [5.74, 6) is 0.989. The van der Waals surface area contributed by atoms with Gasteiger partial charge in [-0.15, -0.1) is 12.4 Å². The molecule has 5 heteroatoms. The van der Waals surface area contributed by atoms with E-state index in [-0.39, 0.29) is 12.4 Å². The van der Waals surface area contributed by atoms with Gasteiger partial charge in [0.05, 0.1) is 0 Å². The third-order valence-electron chi connectivity index (χ3n) is 5.60. The first-order chi connectivity index (χ1) is 13.8. The van der Waals surface area contributed by atoms with E-state index in [1.807, 2.05) is 18.2 Å². The zero-order valence-electron chi connectivity index (χ0n) is 17.1. The second-order valence-corrected chi connectivity index (χ2v) is 7.62. The van der Waals surface area contributed by atoms with Crippen LogP contribution in [0.3, 0.4) is 0 Å². The lowest BCUT2D eigenvalue weighted by Gasteiger charge is -2.36. The Kier molecular flexibility index (Phi) is 7.73. The molecule has 0 saturated carbocycles. The quantitative estimate of drug-likeness (QED) is 0.499. The van der Waals surface area contributed by atoms with E-state index < -0.39 is 0 Å². The smallest absolute Gasteiger partial charge is 0.137 e. The zero-order valence-corrected chi connectivity index (χ0v) is 17.9. The molecular formula is C24H30ClN3O. The molecule has 0 amide bonds. The van der Waals surface area contributed by atoms with E-state index in [0.717, 1.165) is 56.0 Å². The molecule has 2 aromatic carbocycles. The topological polar surface area (TPSA) is 32.5 Å². The Morgan fingerprint density at radius 3 is 2.38 bits per heavy atom. The van der Waals surface area contributed by atoms with Gasteiger partial charge in [0.25, 0.3) is 0 Å². The minimum absolute atomic E-state index is 0. The lowest BCUT2D eigenvalue weighted by molar-refractivity contribution is 0.251. The molecule has 0 unspecified atom stereocenters. The number of rotatable bonds is 7. The maximum absolute atomic E-state index is 5.52. The number of anilines is 1. The molecule has 1 aromatic heterocycles. The van der Waals surface area contributed by atoms with Crippen LogP contribution in [0.2, 0.25) is 0 Å². The van der Waals surface area contributed by atoms with Gasteiger partial charge in [0.2, 0.25) is 0 Å². The highest BCUT2D eigenvalue weighted by Gasteiger charge is 2.17. The first-order valence-electron chi connectivity index (χ1n) is 10.3. The molecule has 1 fully saturated rings. The van der Waals surface area contributed by atoms with Crippen LogP contribution >= 0.6 is 12.4 Å². The van der Waals surface area contributed by atoms with Gasteiger partial charge in [0.15, 0.2) is 0 Å². The summed E-state index contributed by atoms with van der Waals surface area (Å²) in [5, 5.41) is 4.21. The van der Waals surface area contributed by atoms with Gasteiger partial charge in [0.1, 0.15) is 11.5 Å². The predicted octanol–water partition coefficient (Wildman–Crippen LogP) is 5.22. The maximum atomic E-state index is 5.52. The van der Waals surface area contributed by atoms with Gasteiger partial charge in [-0.25, -0.2) is 0 Å². The minimum Gasteiger partial charge on any atom is -0.369 e. The minimum atomic E-state index is 0. The van der Waals surface area contributed by atoms with E-state index in [9.17, 15) is 0 Å². The monoisotopic (exact) mass is 411 g/mol. The van der Waals surface area contributed by atoms with Gasteiger partial charge < -0.3 is 9.42 Å². The number of para-hydroxylation sites is 1. The third-order valence-corrected chi connectivity index (χ3v) is 5.60. The summed E-state index contributed by atoms with van der Waals surface area (Å²) in [5.41, 5.74) is 4.81. The number of nitrogens with zero attached hydrogens (tertiary/aromatic N) is 3. The first-order valence-corrected chi connectivity index (χ1v) is 10.3. The number of benzene rings is 2. The van der Waals surface area contributed by atoms with Crippen LogP contribution in [0, 0.1) is 6.92 Å². The standard InChI is InChI=1S/C24H29N3O.ClH/c1-20-9-5-6-13-24(20)27-17-15-26(16-18-27)14-8-7-12-22-19-23(25-28-22)21-10-3-2-4-11-21;/h2-6,9-11,13,19H,7-8,12,14-18H2,1H3;1H. The molecule has 0 radical (unpaired) electrons. The van der Waals surface area contributed by atoms with E-state index in [0.29, 0.717) is 0 Å². The molecule has 154 valence electrons. The van der Waals surface area contributed by atoms with Gasteiger partial charge >= 0.3 is 0 Å². The largest absolute Gasteiger partial charge is 0.369 e. The van der Waals surface area contributed by atoms with Crippen LogP contribution in [0.4, 0.5) is 5.69 Å². The molecule has 2 heterocycles. The van der Waals surface area contributed by atoms with Gasteiger partial charge in [-0.3, -0.25) is 4.90 Å². The summed E-state index contributed by atoms with van der Waals surface area (Å²) in [6.45, 7) is 7.90. The molecule has 1 saturated heterocycles. The summed E-state index contributed by atoms with van der Waals surface area (Å²) in [6, 6.07) is 21.0. The van der Waals surface area contributed by atoms with E-state index in [2.05, 4.69) is 64.3 Å². The zero-order chi connectivity index (χ0) is 19.2. The number of piperazine rings is 1. The lowest BCUT2D eigenvalue weighted by Crippen LogP contribution is -2.46. The van der Waals surface area contributed by atoms with Crippen LogP contribution in [0.1, 0.15) is 24.2 Å². The molecule has 4 nitrogen and oxygen atoms in total. The van der Waals surface area contributed by atoms with E-state index >= 15 is 0 Å². The van der Waals surface area contributed by atoms with Gasteiger partial charge in [-0.2, -0.15) is 0 Å². The molecule has 4 rings (SSSR count). The molecule has 0 N–H and O–H groups in total. The number of unbranched alkanes of at least 4 members (excludes halogenated alkanes) is 1. The van der Waals surface area contributed by atoms with E-state index in [4.69, 9.17) is 4.52 Å². The second kappa shape index (κ2) is 10.5. The average Bonchev–Trinajstić information content (AvgIpc) is 3.22. The average molecular weight is 412 g/mol. The van der Waals surface area contributed by atoms with Crippen molar-refractivity contribution in [1.29, 1.82) is 0 Å². The summed E-state index contributed by atoms with van der Waals surface area (Å²) in [6.07, 6.45) is 3.30. The SMILES string of the molecule is Cc1ccccc1N1CCN(CCCCc2cc(-c3ccccc3)no2)CC1.Cl. The van der Waals surface area contributed by atoms with Crippen molar-refractivity contribution in [2.75, 3.05) is 37.6 Å². The van der Waals surface area contributed by atoms with Gasteiger partial charge in [-0.1, -0.05) is 53.7 Å². The van der Waals surface area contributed by atoms with Crippen molar-refractivity contribution in [3.8, 4) is 11.3 Å². The fraction of sp³-hybridized carbons (Fsp3) is 0.375. The van der Waals surface area contributed by atoms with Crippen LogP contribution in [-0.4, -0.2) is 42.8 Å². The molecule has 3 aromatic rings. The Labute approximate surface area is 179 Å². The van der Waals surface area contributed by atoms with Crippen LogP contribution in [-0.2, 0) is 6.42 Å². The molecule has 1 aliphatic rings. The molecule has 0 bridgehead atoms. The van der Waals surface area contributed by atoms with E-state index in [1.54, 1.807) is 0 Å². The predicted molar refractivity (Wildman–Crippen MR) is 122 cm³/mol. The van der Waals surface area contributed by atoms with Gasteiger partial charge in [0, 0.05) is 49.9 Å². The van der Waals surface area contributed by atoms with Crippen molar-refractivity contribution >= 4 is 18.1 Å². The Balaban J connectivity index is 0.00000240.